The van der Waals surface area contributed by atoms with Crippen molar-refractivity contribution in [3.05, 3.63) is 23.0 Å². The normalized spacial score (nSPS) is 41.1. The number of halogens is 1. The molecule has 33 heavy (non-hydrogen) atoms. The van der Waals surface area contributed by atoms with Crippen molar-refractivity contribution in [1.82, 2.24) is 0 Å². The van der Waals surface area contributed by atoms with Crippen molar-refractivity contribution in [2.24, 2.45) is 28.6 Å². The Hall–Kier alpha value is -0.453. The molecule has 4 heteroatoms. The highest BCUT2D eigenvalue weighted by atomic mass is 28.4. The molecule has 0 heterocycles. The summed E-state index contributed by atoms with van der Waals surface area (Å²) >= 11 is 0. The summed E-state index contributed by atoms with van der Waals surface area (Å²) in [5.41, 5.74) is 1.40. The maximum atomic E-state index is 15.3. The fraction of sp³-hybridized carbons (Fsp3) is 0.862. The van der Waals surface area contributed by atoms with Crippen molar-refractivity contribution in [3.8, 4) is 0 Å². The first kappa shape index (κ1) is 25.6. The van der Waals surface area contributed by atoms with Crippen molar-refractivity contribution in [1.29, 1.82) is 0 Å². The standard InChI is InChI=1S/C29H49FO2Si/c1-26(2,3)33(8,9)32-20-14-16-28(6)19(18-20)10-11-21-22-12-13-24(25(30)27(4,5)31)29(22,7)17-15-23(21)28/h10,20-23,31H,11-18H2,1-9H3/t20-,21-,22-,23-,28-,29-/m0/s1. The van der Waals surface area contributed by atoms with E-state index in [1.54, 1.807) is 19.4 Å². The van der Waals surface area contributed by atoms with Crippen molar-refractivity contribution in [2.45, 2.75) is 130 Å². The van der Waals surface area contributed by atoms with Crippen LogP contribution in [0.15, 0.2) is 23.0 Å². The quantitative estimate of drug-likeness (QED) is 0.328. The minimum absolute atomic E-state index is 0.0877. The lowest BCUT2D eigenvalue weighted by Gasteiger charge is -2.58. The second-order valence-corrected chi connectivity index (χ2v) is 19.1. The van der Waals surface area contributed by atoms with Gasteiger partial charge in [0.1, 0.15) is 11.4 Å². The lowest BCUT2D eigenvalue weighted by molar-refractivity contribution is -0.0269. The molecular formula is C29H49FO2Si. The highest BCUT2D eigenvalue weighted by molar-refractivity contribution is 6.74. The Morgan fingerprint density at radius 2 is 1.64 bits per heavy atom. The summed E-state index contributed by atoms with van der Waals surface area (Å²) in [6.07, 6.45) is 11.7. The first-order chi connectivity index (χ1) is 15.0. The molecule has 1 N–H and O–H groups in total. The van der Waals surface area contributed by atoms with Gasteiger partial charge in [0.2, 0.25) is 0 Å². The van der Waals surface area contributed by atoms with Crippen LogP contribution in [0.1, 0.15) is 99.8 Å². The van der Waals surface area contributed by atoms with Crippen LogP contribution in [0.4, 0.5) is 4.39 Å². The Bertz CT molecular complexity index is 845. The second kappa shape index (κ2) is 8.03. The highest BCUT2D eigenvalue weighted by Crippen LogP contribution is 2.67. The SMILES string of the molecule is CC(C)(O)C(F)=C1CC[C@H]2[C@@H]3CC=C4C[C@@H](O[Si](C)(C)C(C)(C)C)CC[C@]4(C)[C@H]3CC[C@]12C. The Morgan fingerprint density at radius 1 is 1.03 bits per heavy atom. The van der Waals surface area contributed by atoms with Crippen LogP contribution in [0.2, 0.25) is 18.1 Å². The van der Waals surface area contributed by atoms with Crippen molar-refractivity contribution in [2.75, 3.05) is 0 Å². The average Bonchev–Trinajstić information content (AvgIpc) is 3.03. The van der Waals surface area contributed by atoms with Gasteiger partial charge >= 0.3 is 0 Å². The minimum atomic E-state index is -1.76. The first-order valence-corrected chi connectivity index (χ1v) is 16.4. The Balaban J connectivity index is 1.56. The summed E-state index contributed by atoms with van der Waals surface area (Å²) in [5, 5.41) is 10.6. The summed E-state index contributed by atoms with van der Waals surface area (Å²) in [7, 11) is -1.76. The minimum Gasteiger partial charge on any atom is -0.414 e. The molecule has 0 aromatic rings. The van der Waals surface area contributed by atoms with E-state index in [4.69, 9.17) is 4.43 Å². The molecule has 0 saturated heterocycles. The number of fused-ring (bicyclic) bond motifs is 5. The van der Waals surface area contributed by atoms with Gasteiger partial charge in [-0.05, 0) is 118 Å². The summed E-state index contributed by atoms with van der Waals surface area (Å²) in [6.45, 7) is 19.8. The Labute approximate surface area is 203 Å². The third-order valence-electron chi connectivity index (χ3n) is 10.9. The molecule has 2 nitrogen and oxygen atoms in total. The van der Waals surface area contributed by atoms with E-state index in [2.05, 4.69) is 53.8 Å². The van der Waals surface area contributed by atoms with E-state index in [0.717, 1.165) is 37.7 Å². The van der Waals surface area contributed by atoms with Crippen LogP contribution in [0, 0.1) is 28.6 Å². The van der Waals surface area contributed by atoms with Gasteiger partial charge in [-0.1, -0.05) is 46.3 Å². The lowest BCUT2D eigenvalue weighted by Crippen LogP contribution is -2.51. The third kappa shape index (κ3) is 4.14. The molecule has 0 bridgehead atoms. The largest absolute Gasteiger partial charge is 0.414 e. The van der Waals surface area contributed by atoms with Gasteiger partial charge < -0.3 is 9.53 Å². The van der Waals surface area contributed by atoms with Gasteiger partial charge in [-0.15, -0.1) is 0 Å². The molecule has 3 saturated carbocycles. The molecule has 3 fully saturated rings. The molecular weight excluding hydrogens is 427 g/mol. The van der Waals surface area contributed by atoms with E-state index >= 15 is 4.39 Å². The summed E-state index contributed by atoms with van der Waals surface area (Å²) in [5.74, 6) is 1.62. The van der Waals surface area contributed by atoms with E-state index in [0.29, 0.717) is 23.9 Å². The van der Waals surface area contributed by atoms with Gasteiger partial charge in [-0.2, -0.15) is 0 Å². The molecule has 4 aliphatic rings. The molecule has 0 amide bonds. The van der Waals surface area contributed by atoms with Crippen LogP contribution in [-0.4, -0.2) is 25.1 Å². The number of hydrogen-bond donors (Lipinski definition) is 1. The van der Waals surface area contributed by atoms with E-state index in [9.17, 15) is 5.11 Å². The average molecular weight is 477 g/mol. The monoisotopic (exact) mass is 476 g/mol. The van der Waals surface area contributed by atoms with Crippen LogP contribution >= 0.6 is 0 Å². The second-order valence-electron chi connectivity index (χ2n) is 14.3. The van der Waals surface area contributed by atoms with E-state index in [-0.39, 0.29) is 21.7 Å². The zero-order chi connectivity index (χ0) is 24.6. The predicted molar refractivity (Wildman–Crippen MR) is 138 cm³/mol. The van der Waals surface area contributed by atoms with Crippen LogP contribution in [0.5, 0.6) is 0 Å². The molecule has 0 spiro atoms. The van der Waals surface area contributed by atoms with Gasteiger partial charge in [0, 0.05) is 6.10 Å². The first-order valence-electron chi connectivity index (χ1n) is 13.5. The number of rotatable bonds is 3. The molecule has 4 aliphatic carbocycles. The number of hydrogen-bond acceptors (Lipinski definition) is 2. The van der Waals surface area contributed by atoms with Gasteiger partial charge in [0.15, 0.2) is 8.32 Å². The lowest BCUT2D eigenvalue weighted by atomic mass is 9.47. The van der Waals surface area contributed by atoms with Crippen LogP contribution in [-0.2, 0) is 4.43 Å². The fourth-order valence-corrected chi connectivity index (χ4v) is 9.25. The van der Waals surface area contributed by atoms with E-state index in [1.165, 1.54) is 19.3 Å². The fourth-order valence-electron chi connectivity index (χ4n) is 7.86. The summed E-state index contributed by atoms with van der Waals surface area (Å²) in [6, 6.07) is 0. The third-order valence-corrected chi connectivity index (χ3v) is 15.4. The predicted octanol–water partition coefficient (Wildman–Crippen LogP) is 8.33. The number of allylic oxidation sites excluding steroid dienone is 2. The molecule has 0 aromatic heterocycles. The van der Waals surface area contributed by atoms with Crippen LogP contribution in [0.3, 0.4) is 0 Å². The zero-order valence-electron chi connectivity index (χ0n) is 22.8. The molecule has 0 aliphatic heterocycles. The maximum absolute atomic E-state index is 15.3. The highest BCUT2D eigenvalue weighted by Gasteiger charge is 2.58. The van der Waals surface area contributed by atoms with Gasteiger partial charge in [-0.3, -0.25) is 0 Å². The van der Waals surface area contributed by atoms with Gasteiger partial charge in [0.05, 0.1) is 0 Å². The van der Waals surface area contributed by atoms with Crippen LogP contribution in [0.25, 0.3) is 0 Å². The number of aliphatic hydroxyl groups is 1. The van der Waals surface area contributed by atoms with Crippen molar-refractivity contribution < 1.29 is 13.9 Å². The Morgan fingerprint density at radius 3 is 2.24 bits per heavy atom. The van der Waals surface area contributed by atoms with Gasteiger partial charge in [0.25, 0.3) is 0 Å². The molecule has 6 atom stereocenters. The molecule has 0 unspecified atom stereocenters. The topological polar surface area (TPSA) is 29.5 Å². The van der Waals surface area contributed by atoms with Crippen molar-refractivity contribution >= 4 is 8.32 Å². The van der Waals surface area contributed by atoms with Gasteiger partial charge in [-0.25, -0.2) is 4.39 Å². The summed E-state index contributed by atoms with van der Waals surface area (Å²) < 4.78 is 22.1. The summed E-state index contributed by atoms with van der Waals surface area (Å²) in [4.78, 5) is 0. The molecule has 0 aromatic carbocycles. The van der Waals surface area contributed by atoms with Crippen molar-refractivity contribution in [3.63, 3.8) is 0 Å². The maximum Gasteiger partial charge on any atom is 0.192 e. The molecule has 4 rings (SSSR count). The molecule has 188 valence electrons. The van der Waals surface area contributed by atoms with E-state index in [1.807, 2.05) is 0 Å². The molecule has 0 radical (unpaired) electrons. The van der Waals surface area contributed by atoms with E-state index < -0.39 is 13.9 Å². The zero-order valence-corrected chi connectivity index (χ0v) is 23.8. The smallest absolute Gasteiger partial charge is 0.192 e. The Kier molecular flexibility index (Phi) is 6.24. The van der Waals surface area contributed by atoms with Crippen LogP contribution < -0.4 is 0 Å².